The highest BCUT2D eigenvalue weighted by Gasteiger charge is 2.43. The van der Waals surface area contributed by atoms with E-state index in [0.717, 1.165) is 35.5 Å². The van der Waals surface area contributed by atoms with E-state index in [1.165, 1.54) is 77.0 Å². The third kappa shape index (κ3) is 7.09. The Morgan fingerprint density at radius 1 is 0.333 bits per heavy atom. The van der Waals surface area contributed by atoms with Crippen LogP contribution < -0.4 is 16.0 Å². The van der Waals surface area contributed by atoms with Crippen molar-refractivity contribution < 1.29 is 0 Å². The molecule has 0 aromatic carbocycles. The van der Waals surface area contributed by atoms with Gasteiger partial charge in [-0.2, -0.15) is 0 Å². The van der Waals surface area contributed by atoms with Crippen LogP contribution in [-0.4, -0.2) is 18.5 Å². The SMILES string of the molecule is CC(C)(C)C1CCC(C2NC(C3CCC(C(C)(C)C)CC3)NC(C3CCC(C(C)(C)C)CC3)N2)CC1. The monoisotopic (exact) mass is 502 g/mol. The van der Waals surface area contributed by atoms with Crippen LogP contribution in [-0.2, 0) is 0 Å². The van der Waals surface area contributed by atoms with Crippen molar-refractivity contribution in [1.82, 2.24) is 16.0 Å². The number of rotatable bonds is 3. The highest BCUT2D eigenvalue weighted by Crippen LogP contribution is 2.44. The molecule has 3 heteroatoms. The van der Waals surface area contributed by atoms with Gasteiger partial charge in [-0.3, -0.25) is 16.0 Å². The van der Waals surface area contributed by atoms with Gasteiger partial charge < -0.3 is 0 Å². The summed E-state index contributed by atoms with van der Waals surface area (Å²) >= 11 is 0. The van der Waals surface area contributed by atoms with Crippen molar-refractivity contribution >= 4 is 0 Å². The van der Waals surface area contributed by atoms with Crippen molar-refractivity contribution in [2.24, 2.45) is 51.8 Å². The van der Waals surface area contributed by atoms with E-state index in [4.69, 9.17) is 0 Å². The van der Waals surface area contributed by atoms with E-state index in [2.05, 4.69) is 78.3 Å². The summed E-state index contributed by atoms with van der Waals surface area (Å²) in [5, 5.41) is 12.5. The van der Waals surface area contributed by atoms with Crippen LogP contribution in [0.2, 0.25) is 0 Å². The van der Waals surface area contributed by atoms with Crippen LogP contribution >= 0.6 is 0 Å². The molecule has 0 spiro atoms. The third-order valence-corrected chi connectivity index (χ3v) is 11.5. The molecule has 3 nitrogen and oxygen atoms in total. The predicted molar refractivity (Wildman–Crippen MR) is 155 cm³/mol. The maximum absolute atomic E-state index is 4.18. The smallest absolute Gasteiger partial charge is 0.0624 e. The molecule has 3 N–H and O–H groups in total. The van der Waals surface area contributed by atoms with E-state index in [-0.39, 0.29) is 0 Å². The van der Waals surface area contributed by atoms with Gasteiger partial charge in [-0.15, -0.1) is 0 Å². The average Bonchev–Trinajstić information content (AvgIpc) is 2.82. The Bertz CT molecular complexity index is 570. The Kier molecular flexibility index (Phi) is 8.96. The molecule has 210 valence electrons. The van der Waals surface area contributed by atoms with Gasteiger partial charge in [-0.1, -0.05) is 62.3 Å². The van der Waals surface area contributed by atoms with Crippen molar-refractivity contribution in [2.45, 2.75) is 158 Å². The quantitative estimate of drug-likeness (QED) is 0.364. The Labute approximate surface area is 225 Å². The first-order valence-electron chi connectivity index (χ1n) is 16.0. The molecular weight excluding hydrogens is 438 g/mol. The molecule has 0 aromatic rings. The van der Waals surface area contributed by atoms with Gasteiger partial charge in [0.05, 0.1) is 18.5 Å². The van der Waals surface area contributed by atoms with Gasteiger partial charge in [0, 0.05) is 0 Å². The van der Waals surface area contributed by atoms with Crippen LogP contribution in [0.3, 0.4) is 0 Å². The molecule has 4 aliphatic rings. The first-order chi connectivity index (χ1) is 16.7. The minimum atomic E-state index is 0.461. The van der Waals surface area contributed by atoms with Crippen LogP contribution in [0.5, 0.6) is 0 Å². The van der Waals surface area contributed by atoms with Crippen LogP contribution in [0.1, 0.15) is 139 Å². The third-order valence-electron chi connectivity index (χ3n) is 11.5. The van der Waals surface area contributed by atoms with Crippen LogP contribution in [0.15, 0.2) is 0 Å². The molecule has 4 rings (SSSR count). The minimum absolute atomic E-state index is 0.461. The van der Waals surface area contributed by atoms with Gasteiger partial charge in [0.2, 0.25) is 0 Å². The van der Waals surface area contributed by atoms with E-state index in [0.29, 0.717) is 34.7 Å². The highest BCUT2D eigenvalue weighted by molar-refractivity contribution is 4.97. The molecule has 0 radical (unpaired) electrons. The first-order valence-corrected chi connectivity index (χ1v) is 16.0. The van der Waals surface area contributed by atoms with E-state index in [9.17, 15) is 0 Å². The lowest BCUT2D eigenvalue weighted by Gasteiger charge is -2.51. The summed E-state index contributed by atoms with van der Waals surface area (Å²) in [5.74, 6) is 5.03. The lowest BCUT2D eigenvalue weighted by Crippen LogP contribution is -2.72. The fourth-order valence-corrected chi connectivity index (χ4v) is 8.50. The van der Waals surface area contributed by atoms with Crippen molar-refractivity contribution in [1.29, 1.82) is 0 Å². The fraction of sp³-hybridized carbons (Fsp3) is 1.00. The molecule has 1 aliphatic heterocycles. The van der Waals surface area contributed by atoms with Crippen molar-refractivity contribution in [3.05, 3.63) is 0 Å². The Morgan fingerprint density at radius 3 is 0.694 bits per heavy atom. The zero-order chi connectivity index (χ0) is 26.3. The standard InChI is InChI=1S/C33H63N3/c1-31(2,3)25-16-10-22(11-17-25)28-34-29(23-12-18-26(19-13-23)32(4,5)6)36-30(35-28)24-14-20-27(21-15-24)33(7,8)9/h22-30,34-36H,10-21H2,1-9H3. The molecule has 1 saturated heterocycles. The van der Waals surface area contributed by atoms with Gasteiger partial charge in [0.1, 0.15) is 0 Å². The lowest BCUT2D eigenvalue weighted by molar-refractivity contribution is 0.0282. The second-order valence-corrected chi connectivity index (χ2v) is 16.9. The van der Waals surface area contributed by atoms with Gasteiger partial charge >= 0.3 is 0 Å². The maximum atomic E-state index is 4.18. The Morgan fingerprint density at radius 2 is 0.528 bits per heavy atom. The summed E-state index contributed by atoms with van der Waals surface area (Å²) in [7, 11) is 0. The zero-order valence-electron chi connectivity index (χ0n) is 25.7. The van der Waals surface area contributed by atoms with Gasteiger partial charge in [0.25, 0.3) is 0 Å². The summed E-state index contributed by atoms with van der Waals surface area (Å²) in [6, 6.07) is 0. The molecule has 0 amide bonds. The molecule has 36 heavy (non-hydrogen) atoms. The van der Waals surface area contributed by atoms with E-state index >= 15 is 0 Å². The second-order valence-electron chi connectivity index (χ2n) is 16.9. The average molecular weight is 502 g/mol. The van der Waals surface area contributed by atoms with Crippen molar-refractivity contribution in [3.63, 3.8) is 0 Å². The topological polar surface area (TPSA) is 36.1 Å². The molecule has 3 saturated carbocycles. The highest BCUT2D eigenvalue weighted by atomic mass is 15.4. The summed E-state index contributed by atoms with van der Waals surface area (Å²) < 4.78 is 0. The number of nitrogens with one attached hydrogen (secondary N) is 3. The largest absolute Gasteiger partial charge is 0.286 e. The molecule has 1 heterocycles. The summed E-state index contributed by atoms with van der Waals surface area (Å²) in [5.41, 5.74) is 1.38. The molecule has 3 aliphatic carbocycles. The van der Waals surface area contributed by atoms with Gasteiger partial charge in [0.15, 0.2) is 0 Å². The second kappa shape index (κ2) is 11.2. The Balaban J connectivity index is 1.42. The number of hydrogen-bond acceptors (Lipinski definition) is 3. The molecule has 0 bridgehead atoms. The molecule has 0 aromatic heterocycles. The molecule has 4 fully saturated rings. The van der Waals surface area contributed by atoms with Crippen molar-refractivity contribution in [2.75, 3.05) is 0 Å². The van der Waals surface area contributed by atoms with E-state index in [1.54, 1.807) is 0 Å². The number of hydrogen-bond donors (Lipinski definition) is 3. The zero-order valence-corrected chi connectivity index (χ0v) is 25.7. The van der Waals surface area contributed by atoms with Gasteiger partial charge in [-0.25, -0.2) is 0 Å². The normalized spacial score (nSPS) is 41.8. The minimum Gasteiger partial charge on any atom is -0.286 e. The maximum Gasteiger partial charge on any atom is 0.0624 e. The van der Waals surface area contributed by atoms with Crippen LogP contribution in [0.4, 0.5) is 0 Å². The summed E-state index contributed by atoms with van der Waals surface area (Å²) in [6.07, 6.45) is 18.2. The Hall–Kier alpha value is -0.120. The first kappa shape index (κ1) is 28.9. The van der Waals surface area contributed by atoms with E-state index < -0.39 is 0 Å². The van der Waals surface area contributed by atoms with Crippen LogP contribution in [0.25, 0.3) is 0 Å². The lowest BCUT2D eigenvalue weighted by atomic mass is 9.67. The fourth-order valence-electron chi connectivity index (χ4n) is 8.50. The van der Waals surface area contributed by atoms with Crippen LogP contribution in [0, 0.1) is 51.8 Å². The van der Waals surface area contributed by atoms with Gasteiger partial charge in [-0.05, 0) is 129 Å². The summed E-state index contributed by atoms with van der Waals surface area (Å²) in [6.45, 7) is 22.1. The summed E-state index contributed by atoms with van der Waals surface area (Å²) in [4.78, 5) is 0. The van der Waals surface area contributed by atoms with E-state index in [1.807, 2.05) is 0 Å². The van der Waals surface area contributed by atoms with Crippen molar-refractivity contribution in [3.8, 4) is 0 Å². The molecule has 0 atom stereocenters. The predicted octanol–water partition coefficient (Wildman–Crippen LogP) is 8.30. The molecule has 0 unspecified atom stereocenters. The molecular formula is C33H63N3.